The lowest BCUT2D eigenvalue weighted by atomic mass is 10.0. The van der Waals surface area contributed by atoms with E-state index >= 15 is 0 Å². The van der Waals surface area contributed by atoms with Crippen LogP contribution in [0.15, 0.2) is 72.9 Å². The predicted molar refractivity (Wildman–Crippen MR) is 158 cm³/mol. The number of nitrogens with two attached hydrogens (primary N) is 1. The van der Waals surface area contributed by atoms with Crippen LogP contribution in [-0.4, -0.2) is 60.9 Å². The van der Waals surface area contributed by atoms with Gasteiger partial charge in [0.2, 0.25) is 11.8 Å². The summed E-state index contributed by atoms with van der Waals surface area (Å²) < 4.78 is 25.4. The molecule has 3 aromatic carbocycles. The number of halogens is 1. The number of likely N-dealkylation sites (N-methyl/N-ethyl adjacent to an activating group) is 1. The fraction of sp³-hybridized carbons (Fsp3) is 0.250. The van der Waals surface area contributed by atoms with Crippen molar-refractivity contribution in [3.8, 4) is 17.2 Å². The maximum Gasteiger partial charge on any atom is 0.255 e. The van der Waals surface area contributed by atoms with Crippen molar-refractivity contribution in [1.82, 2.24) is 15.2 Å². The van der Waals surface area contributed by atoms with Gasteiger partial charge in [-0.1, -0.05) is 0 Å². The Kier molecular flexibility index (Phi) is 7.18. The number of aromatic nitrogens is 1. The quantitative estimate of drug-likeness (QED) is 0.284. The Balaban J connectivity index is 1.29. The number of hydrogen-bond acceptors (Lipinski definition) is 7. The molecule has 0 spiro atoms. The molecule has 2 heterocycles. The number of ether oxygens (including phenoxy) is 2. The first kappa shape index (κ1) is 28.1. The second-order valence-electron chi connectivity index (χ2n) is 10.9. The third-order valence-corrected chi connectivity index (χ3v) is 7.91. The van der Waals surface area contributed by atoms with Gasteiger partial charge in [-0.25, -0.2) is 4.39 Å². The maximum atomic E-state index is 13.7. The lowest BCUT2D eigenvalue weighted by molar-refractivity contribution is -0.133. The Morgan fingerprint density at radius 2 is 1.65 bits per heavy atom. The standard InChI is InChI=1S/C32H30FN5O5/c1-37-17-20(18-37)36-29(39)25-15-24-26(16-28(25)42-2)35-14-11-27(24)43-23-9-7-22(8-10-23)38(21-5-3-19(33)4-6-21)31(41)32(12-13-32)30(34)40/h3-11,14-16,20H,12-13,17-18H2,1-2H3,(H2,34,40)(H,36,39). The highest BCUT2D eigenvalue weighted by Gasteiger charge is 2.57. The topological polar surface area (TPSA) is 127 Å². The van der Waals surface area contributed by atoms with Crippen molar-refractivity contribution < 1.29 is 28.2 Å². The monoisotopic (exact) mass is 583 g/mol. The Bertz CT molecular complexity index is 1720. The van der Waals surface area contributed by atoms with Crippen LogP contribution in [0.4, 0.5) is 15.8 Å². The van der Waals surface area contributed by atoms with E-state index in [1.54, 1.807) is 48.7 Å². The average Bonchev–Trinajstić information content (AvgIpc) is 3.80. The lowest BCUT2D eigenvalue weighted by Crippen LogP contribution is -2.57. The predicted octanol–water partition coefficient (Wildman–Crippen LogP) is 4.15. The van der Waals surface area contributed by atoms with Gasteiger partial charge in [-0.2, -0.15) is 0 Å². The van der Waals surface area contributed by atoms with E-state index in [0.717, 1.165) is 13.1 Å². The van der Waals surface area contributed by atoms with E-state index in [1.807, 2.05) is 7.05 Å². The molecule has 2 fully saturated rings. The van der Waals surface area contributed by atoms with Crippen molar-refractivity contribution in [2.45, 2.75) is 18.9 Å². The van der Waals surface area contributed by atoms with Crippen LogP contribution in [0.25, 0.3) is 10.9 Å². The van der Waals surface area contributed by atoms with Crippen LogP contribution in [-0.2, 0) is 9.59 Å². The minimum Gasteiger partial charge on any atom is -0.496 e. The maximum absolute atomic E-state index is 13.7. The number of nitrogens with zero attached hydrogens (tertiary/aromatic N) is 3. The Hall–Kier alpha value is -5.03. The molecule has 1 aliphatic heterocycles. The smallest absolute Gasteiger partial charge is 0.255 e. The molecule has 0 atom stereocenters. The summed E-state index contributed by atoms with van der Waals surface area (Å²) in [6.07, 6.45) is 2.32. The number of rotatable bonds is 9. The highest BCUT2D eigenvalue weighted by atomic mass is 19.1. The first-order valence-electron chi connectivity index (χ1n) is 13.8. The molecular weight excluding hydrogens is 553 g/mol. The number of fused-ring (bicyclic) bond motifs is 1. The van der Waals surface area contributed by atoms with Crippen LogP contribution in [0.2, 0.25) is 0 Å². The van der Waals surface area contributed by atoms with Gasteiger partial charge in [-0.15, -0.1) is 0 Å². The molecule has 1 saturated heterocycles. The molecule has 1 aliphatic carbocycles. The number of carbonyl (C=O) groups excluding carboxylic acids is 3. The number of hydrogen-bond donors (Lipinski definition) is 2. The molecular formula is C32H30FN5O5. The summed E-state index contributed by atoms with van der Waals surface area (Å²) in [4.78, 5) is 46.7. The van der Waals surface area contributed by atoms with Gasteiger partial charge in [-0.05, 0) is 80.6 Å². The number of primary amides is 1. The number of amides is 3. The molecule has 10 nitrogen and oxygen atoms in total. The Labute approximate surface area is 247 Å². The van der Waals surface area contributed by atoms with E-state index in [1.165, 1.54) is 36.3 Å². The van der Waals surface area contributed by atoms with E-state index in [4.69, 9.17) is 15.2 Å². The van der Waals surface area contributed by atoms with Gasteiger partial charge in [0.15, 0.2) is 0 Å². The molecule has 3 N–H and O–H groups in total. The molecule has 0 radical (unpaired) electrons. The normalized spacial score (nSPS) is 15.8. The first-order chi connectivity index (χ1) is 20.7. The number of anilines is 2. The number of carbonyl (C=O) groups is 3. The Morgan fingerprint density at radius 3 is 2.23 bits per heavy atom. The molecule has 4 aromatic rings. The molecule has 2 aliphatic rings. The summed E-state index contributed by atoms with van der Waals surface area (Å²) in [5.41, 5.74) is 6.13. The van der Waals surface area contributed by atoms with Crippen molar-refractivity contribution in [3.63, 3.8) is 0 Å². The molecule has 1 saturated carbocycles. The fourth-order valence-electron chi connectivity index (χ4n) is 5.31. The van der Waals surface area contributed by atoms with E-state index < -0.39 is 23.0 Å². The SMILES string of the molecule is COc1cc2nccc(Oc3ccc(N(C(=O)C4(C(N)=O)CC4)c4ccc(F)cc4)cc3)c2cc1C(=O)NC1CN(C)C1. The largest absolute Gasteiger partial charge is 0.496 e. The number of nitrogens with one attached hydrogen (secondary N) is 1. The molecule has 6 rings (SSSR count). The zero-order valence-corrected chi connectivity index (χ0v) is 23.7. The Morgan fingerprint density at radius 1 is 1.00 bits per heavy atom. The molecule has 220 valence electrons. The molecule has 1 aromatic heterocycles. The number of methoxy groups -OCH3 is 1. The van der Waals surface area contributed by atoms with Crippen molar-refractivity contribution in [2.75, 3.05) is 32.1 Å². The minimum atomic E-state index is -1.28. The minimum absolute atomic E-state index is 0.0696. The van der Waals surface area contributed by atoms with Crippen LogP contribution in [0.1, 0.15) is 23.2 Å². The molecule has 11 heteroatoms. The van der Waals surface area contributed by atoms with E-state index in [-0.39, 0.29) is 11.9 Å². The first-order valence-corrected chi connectivity index (χ1v) is 13.8. The summed E-state index contributed by atoms with van der Waals surface area (Å²) >= 11 is 0. The van der Waals surface area contributed by atoms with Crippen LogP contribution < -0.4 is 25.4 Å². The highest BCUT2D eigenvalue weighted by molar-refractivity contribution is 6.16. The molecule has 43 heavy (non-hydrogen) atoms. The summed E-state index contributed by atoms with van der Waals surface area (Å²) in [7, 11) is 3.50. The van der Waals surface area contributed by atoms with Crippen LogP contribution >= 0.6 is 0 Å². The fourth-order valence-corrected chi connectivity index (χ4v) is 5.31. The van der Waals surface area contributed by atoms with Gasteiger partial charge in [0.1, 0.15) is 28.5 Å². The van der Waals surface area contributed by atoms with Crippen molar-refractivity contribution in [2.24, 2.45) is 11.1 Å². The van der Waals surface area contributed by atoms with Gasteiger partial charge in [0, 0.05) is 42.1 Å². The van der Waals surface area contributed by atoms with E-state index in [9.17, 15) is 18.8 Å². The summed E-state index contributed by atoms with van der Waals surface area (Å²) in [6.45, 7) is 1.56. The zero-order valence-electron chi connectivity index (χ0n) is 23.7. The number of pyridine rings is 1. The average molecular weight is 584 g/mol. The van der Waals surface area contributed by atoms with Gasteiger partial charge in [0.25, 0.3) is 5.91 Å². The van der Waals surface area contributed by atoms with Gasteiger partial charge < -0.3 is 25.4 Å². The molecule has 0 bridgehead atoms. The van der Waals surface area contributed by atoms with Crippen LogP contribution in [0, 0.1) is 11.2 Å². The molecule has 0 unspecified atom stereocenters. The number of benzene rings is 3. The third-order valence-electron chi connectivity index (χ3n) is 7.91. The lowest BCUT2D eigenvalue weighted by Gasteiger charge is -2.36. The zero-order chi connectivity index (χ0) is 30.3. The number of likely N-dealkylation sites (tertiary alicyclic amines) is 1. The van der Waals surface area contributed by atoms with Crippen LogP contribution in [0.5, 0.6) is 17.2 Å². The second-order valence-corrected chi connectivity index (χ2v) is 10.9. The van der Waals surface area contributed by atoms with Crippen molar-refractivity contribution in [1.29, 1.82) is 0 Å². The third kappa shape index (κ3) is 5.35. The summed E-state index contributed by atoms with van der Waals surface area (Å²) in [5.74, 6) is -0.511. The van der Waals surface area contributed by atoms with Gasteiger partial charge in [0.05, 0.1) is 24.2 Å². The van der Waals surface area contributed by atoms with Crippen molar-refractivity contribution in [3.05, 3.63) is 84.3 Å². The second kappa shape index (κ2) is 11.0. The summed E-state index contributed by atoms with van der Waals surface area (Å²) in [6, 6.07) is 17.3. The van der Waals surface area contributed by atoms with Gasteiger partial charge >= 0.3 is 0 Å². The van der Waals surface area contributed by atoms with Crippen LogP contribution in [0.3, 0.4) is 0 Å². The van der Waals surface area contributed by atoms with Gasteiger partial charge in [-0.3, -0.25) is 24.3 Å². The highest BCUT2D eigenvalue weighted by Crippen LogP contribution is 2.49. The van der Waals surface area contributed by atoms with Crippen molar-refractivity contribution >= 4 is 40.0 Å². The summed E-state index contributed by atoms with van der Waals surface area (Å²) in [5, 5.41) is 3.65. The van der Waals surface area contributed by atoms with E-state index in [0.29, 0.717) is 57.9 Å². The molecule has 3 amide bonds. The van der Waals surface area contributed by atoms with E-state index in [2.05, 4.69) is 15.2 Å².